The van der Waals surface area contributed by atoms with Crippen molar-refractivity contribution in [2.24, 2.45) is 13.0 Å². The van der Waals surface area contributed by atoms with Crippen LogP contribution in [-0.4, -0.2) is 54.0 Å². The summed E-state index contributed by atoms with van der Waals surface area (Å²) in [6.07, 6.45) is 1.62. The van der Waals surface area contributed by atoms with E-state index in [1.54, 1.807) is 10.8 Å². The van der Waals surface area contributed by atoms with Crippen molar-refractivity contribution in [3.8, 4) is 0 Å². The topological polar surface area (TPSA) is 89.1 Å². The van der Waals surface area contributed by atoms with E-state index in [9.17, 15) is 0 Å². The van der Waals surface area contributed by atoms with Gasteiger partial charge in [0, 0.05) is 38.3 Å². The normalized spacial score (nSPS) is 14.9. The number of anilines is 2. The third-order valence-electron chi connectivity index (χ3n) is 5.30. The predicted molar refractivity (Wildman–Crippen MR) is 103 cm³/mol. The lowest BCUT2D eigenvalue weighted by Crippen LogP contribution is -2.50. The van der Waals surface area contributed by atoms with Crippen LogP contribution in [0.3, 0.4) is 0 Å². The van der Waals surface area contributed by atoms with Crippen molar-refractivity contribution in [2.75, 3.05) is 29.9 Å². The molecule has 9 nitrogen and oxygen atoms in total. The maximum atomic E-state index is 4.64. The smallest absolute Gasteiger partial charge is 0.178 e. The highest BCUT2D eigenvalue weighted by Crippen LogP contribution is 2.25. The molecule has 0 aliphatic carbocycles. The number of rotatable bonds is 4. The molecule has 1 N–H and O–H groups in total. The van der Waals surface area contributed by atoms with Crippen molar-refractivity contribution < 1.29 is 0 Å². The molecule has 5 heterocycles. The number of aromatic nitrogens is 7. The Bertz CT molecular complexity index is 1140. The van der Waals surface area contributed by atoms with Gasteiger partial charge in [-0.15, -0.1) is 15.3 Å². The summed E-state index contributed by atoms with van der Waals surface area (Å²) < 4.78 is 3.92. The number of hydrogen-bond donors (Lipinski definition) is 1. The summed E-state index contributed by atoms with van der Waals surface area (Å²) in [4.78, 5) is 11.1. The van der Waals surface area contributed by atoms with Crippen molar-refractivity contribution >= 4 is 28.3 Å². The van der Waals surface area contributed by atoms with Gasteiger partial charge >= 0.3 is 0 Å². The number of nitrogens with one attached hydrogen (secondary N) is 1. The molecule has 5 rings (SSSR count). The maximum Gasteiger partial charge on any atom is 0.178 e. The summed E-state index contributed by atoms with van der Waals surface area (Å²) in [6.45, 7) is 6.80. The van der Waals surface area contributed by atoms with E-state index in [1.807, 2.05) is 26.1 Å². The SMILES string of the molecule is Cc1cc2ncnc(NCC3CN(c4ccc5nnc(C)n5n4)C3)c2n1C. The lowest BCUT2D eigenvalue weighted by molar-refractivity contribution is 0.424. The largest absolute Gasteiger partial charge is 0.368 e. The fourth-order valence-electron chi connectivity index (χ4n) is 3.61. The summed E-state index contributed by atoms with van der Waals surface area (Å²) in [5.74, 6) is 3.21. The molecule has 0 saturated carbocycles. The van der Waals surface area contributed by atoms with Crippen molar-refractivity contribution in [3.05, 3.63) is 36.0 Å². The van der Waals surface area contributed by atoms with Gasteiger partial charge in [0.05, 0.1) is 5.52 Å². The van der Waals surface area contributed by atoms with E-state index in [4.69, 9.17) is 0 Å². The molecular formula is C18H21N9. The van der Waals surface area contributed by atoms with Crippen LogP contribution in [0.15, 0.2) is 24.5 Å². The first-order valence-electron chi connectivity index (χ1n) is 9.05. The zero-order chi connectivity index (χ0) is 18.5. The van der Waals surface area contributed by atoms with Crippen LogP contribution in [0.4, 0.5) is 11.6 Å². The maximum absolute atomic E-state index is 4.64. The van der Waals surface area contributed by atoms with Gasteiger partial charge in [-0.05, 0) is 32.0 Å². The molecule has 1 saturated heterocycles. The second-order valence-electron chi connectivity index (χ2n) is 7.16. The van der Waals surface area contributed by atoms with E-state index in [1.165, 1.54) is 5.69 Å². The van der Waals surface area contributed by atoms with Gasteiger partial charge in [0.15, 0.2) is 17.3 Å². The van der Waals surface area contributed by atoms with E-state index in [-0.39, 0.29) is 0 Å². The second kappa shape index (κ2) is 5.90. The summed E-state index contributed by atoms with van der Waals surface area (Å²) in [5, 5.41) is 16.3. The van der Waals surface area contributed by atoms with Crippen LogP contribution in [0.5, 0.6) is 0 Å². The van der Waals surface area contributed by atoms with Crippen LogP contribution in [0.25, 0.3) is 16.7 Å². The first-order valence-corrected chi connectivity index (χ1v) is 9.05. The molecule has 0 amide bonds. The molecule has 0 atom stereocenters. The molecule has 0 radical (unpaired) electrons. The van der Waals surface area contributed by atoms with Crippen molar-refractivity contribution in [1.82, 2.24) is 34.3 Å². The molecule has 9 heteroatoms. The third kappa shape index (κ3) is 2.57. The Hall–Kier alpha value is -3.23. The monoisotopic (exact) mass is 363 g/mol. The van der Waals surface area contributed by atoms with Gasteiger partial charge in [-0.3, -0.25) is 0 Å². The van der Waals surface area contributed by atoms with E-state index in [0.717, 1.165) is 53.8 Å². The molecule has 1 fully saturated rings. The van der Waals surface area contributed by atoms with Gasteiger partial charge in [-0.2, -0.15) is 4.52 Å². The van der Waals surface area contributed by atoms with Crippen LogP contribution < -0.4 is 10.2 Å². The Labute approximate surface area is 156 Å². The summed E-state index contributed by atoms with van der Waals surface area (Å²) in [7, 11) is 2.05. The van der Waals surface area contributed by atoms with E-state index < -0.39 is 0 Å². The standard InChI is InChI=1S/C18H21N9/c1-11-6-14-17(25(11)3)18(21-10-20-14)19-7-13-8-26(9-13)16-5-4-15-23-22-12(2)27(15)24-16/h4-6,10,13H,7-9H2,1-3H3,(H,19,20,21). The Balaban J connectivity index is 1.26. The van der Waals surface area contributed by atoms with Gasteiger partial charge < -0.3 is 14.8 Å². The first-order chi connectivity index (χ1) is 13.1. The van der Waals surface area contributed by atoms with E-state index in [0.29, 0.717) is 5.92 Å². The summed E-state index contributed by atoms with van der Waals surface area (Å²) >= 11 is 0. The number of nitrogens with zero attached hydrogens (tertiary/aromatic N) is 8. The molecule has 1 aliphatic rings. The fraction of sp³-hybridized carbons (Fsp3) is 0.389. The predicted octanol–water partition coefficient (Wildman–Crippen LogP) is 1.57. The summed E-state index contributed by atoms with van der Waals surface area (Å²) in [5.41, 5.74) is 3.99. The average molecular weight is 363 g/mol. The van der Waals surface area contributed by atoms with Gasteiger partial charge in [-0.25, -0.2) is 9.97 Å². The second-order valence-corrected chi connectivity index (χ2v) is 7.16. The number of aryl methyl sites for hydroxylation is 3. The molecule has 0 spiro atoms. The quantitative estimate of drug-likeness (QED) is 0.589. The molecule has 0 aromatic carbocycles. The van der Waals surface area contributed by atoms with Crippen LogP contribution in [0.2, 0.25) is 0 Å². The minimum Gasteiger partial charge on any atom is -0.368 e. The molecule has 4 aromatic rings. The van der Waals surface area contributed by atoms with Gasteiger partial charge in [0.1, 0.15) is 17.7 Å². The molecule has 0 unspecified atom stereocenters. The van der Waals surface area contributed by atoms with Crippen LogP contribution in [-0.2, 0) is 7.05 Å². The molecule has 4 aromatic heterocycles. The molecule has 0 bridgehead atoms. The summed E-state index contributed by atoms with van der Waals surface area (Å²) in [6, 6.07) is 6.05. The fourth-order valence-corrected chi connectivity index (χ4v) is 3.61. The zero-order valence-electron chi connectivity index (χ0n) is 15.6. The highest BCUT2D eigenvalue weighted by molar-refractivity contribution is 5.87. The Morgan fingerprint density at radius 2 is 2.00 bits per heavy atom. The first kappa shape index (κ1) is 16.0. The zero-order valence-corrected chi connectivity index (χ0v) is 15.6. The van der Waals surface area contributed by atoms with Crippen molar-refractivity contribution in [1.29, 1.82) is 0 Å². The number of hydrogen-bond acceptors (Lipinski definition) is 7. The van der Waals surface area contributed by atoms with Gasteiger partial charge in [-0.1, -0.05) is 0 Å². The van der Waals surface area contributed by atoms with Crippen molar-refractivity contribution in [2.45, 2.75) is 13.8 Å². The van der Waals surface area contributed by atoms with Crippen LogP contribution in [0, 0.1) is 19.8 Å². The molecule has 1 aliphatic heterocycles. The van der Waals surface area contributed by atoms with Crippen LogP contribution in [0.1, 0.15) is 11.5 Å². The van der Waals surface area contributed by atoms with Crippen molar-refractivity contribution in [3.63, 3.8) is 0 Å². The highest BCUT2D eigenvalue weighted by atomic mass is 15.4. The molecule has 138 valence electrons. The van der Waals surface area contributed by atoms with E-state index >= 15 is 0 Å². The van der Waals surface area contributed by atoms with Gasteiger partial charge in [0.2, 0.25) is 0 Å². The lowest BCUT2D eigenvalue weighted by atomic mass is 10.0. The average Bonchev–Trinajstić information content (AvgIpc) is 3.14. The Morgan fingerprint density at radius 3 is 2.85 bits per heavy atom. The van der Waals surface area contributed by atoms with Gasteiger partial charge in [0.25, 0.3) is 0 Å². The minimum atomic E-state index is 0.552. The number of fused-ring (bicyclic) bond motifs is 2. The lowest BCUT2D eigenvalue weighted by Gasteiger charge is -2.40. The highest BCUT2D eigenvalue weighted by Gasteiger charge is 2.28. The molecule has 27 heavy (non-hydrogen) atoms. The van der Waals surface area contributed by atoms with Crippen LogP contribution >= 0.6 is 0 Å². The minimum absolute atomic E-state index is 0.552. The molecular weight excluding hydrogens is 342 g/mol. The Kier molecular flexibility index (Phi) is 3.49. The van der Waals surface area contributed by atoms with E-state index in [2.05, 4.69) is 53.0 Å². The Morgan fingerprint density at radius 1 is 1.15 bits per heavy atom. The third-order valence-corrected chi connectivity index (χ3v) is 5.30.